The lowest BCUT2D eigenvalue weighted by Crippen LogP contribution is -2.26. The Kier molecular flexibility index (Phi) is 3.33. The minimum atomic E-state index is -0.0560. The van der Waals surface area contributed by atoms with Crippen LogP contribution in [-0.2, 0) is 0 Å². The van der Waals surface area contributed by atoms with E-state index >= 15 is 0 Å². The Bertz CT molecular complexity index is 531. The molecule has 3 nitrogen and oxygen atoms in total. The van der Waals surface area contributed by atoms with Gasteiger partial charge in [-0.2, -0.15) is 0 Å². The molecular formula is C13H13BrN2O. The number of aryl methyl sites for hydroxylation is 1. The highest BCUT2D eigenvalue weighted by Gasteiger charge is 2.14. The Labute approximate surface area is 109 Å². The Morgan fingerprint density at radius 3 is 2.47 bits per heavy atom. The highest BCUT2D eigenvalue weighted by atomic mass is 79.9. The fourth-order valence-corrected chi connectivity index (χ4v) is 1.90. The normalized spacial score (nSPS) is 10.3. The van der Waals surface area contributed by atoms with Gasteiger partial charge in [-0.1, -0.05) is 17.7 Å². The van der Waals surface area contributed by atoms with Crippen molar-refractivity contribution in [3.8, 4) is 0 Å². The topological polar surface area (TPSA) is 36.1 Å². The molecule has 2 aromatic rings. The van der Waals surface area contributed by atoms with Crippen molar-refractivity contribution >= 4 is 27.5 Å². The molecule has 1 aromatic carbocycles. The number of nitrogens with zero attached hydrogens (tertiary/aromatic N) is 1. The van der Waals surface area contributed by atoms with Gasteiger partial charge in [-0.05, 0) is 41.1 Å². The fraction of sp³-hybridized carbons (Fsp3) is 0.154. The Balaban J connectivity index is 2.23. The van der Waals surface area contributed by atoms with E-state index in [4.69, 9.17) is 0 Å². The van der Waals surface area contributed by atoms with Gasteiger partial charge < -0.3 is 9.88 Å². The fourth-order valence-electron chi connectivity index (χ4n) is 1.56. The van der Waals surface area contributed by atoms with E-state index < -0.39 is 0 Å². The first kappa shape index (κ1) is 11.9. The predicted octanol–water partition coefficient (Wildman–Crippen LogP) is 3.36. The third-order valence-corrected chi connectivity index (χ3v) is 3.06. The van der Waals surface area contributed by atoms with E-state index in [1.54, 1.807) is 24.2 Å². The second kappa shape index (κ2) is 4.75. The molecule has 1 amide bonds. The maximum atomic E-state index is 12.1. The molecule has 0 aliphatic rings. The van der Waals surface area contributed by atoms with Crippen LogP contribution >= 0.6 is 15.9 Å². The molecule has 0 spiro atoms. The summed E-state index contributed by atoms with van der Waals surface area (Å²) in [7, 11) is 1.77. The summed E-state index contributed by atoms with van der Waals surface area (Å²) in [6, 6.07) is 9.62. The molecule has 0 aliphatic carbocycles. The van der Waals surface area contributed by atoms with Gasteiger partial charge in [0.2, 0.25) is 0 Å². The Hall–Kier alpha value is -1.55. The van der Waals surface area contributed by atoms with Crippen LogP contribution in [0.25, 0.3) is 0 Å². The number of amides is 1. The molecule has 0 aliphatic heterocycles. The lowest BCUT2D eigenvalue weighted by atomic mass is 10.2. The lowest BCUT2D eigenvalue weighted by molar-refractivity contribution is 0.0989. The minimum absolute atomic E-state index is 0.0560. The summed E-state index contributed by atoms with van der Waals surface area (Å²) < 4.78 is 0.873. The lowest BCUT2D eigenvalue weighted by Gasteiger charge is -2.16. The van der Waals surface area contributed by atoms with Gasteiger partial charge in [-0.3, -0.25) is 4.79 Å². The average molecular weight is 293 g/mol. The molecule has 88 valence electrons. The van der Waals surface area contributed by atoms with Crippen molar-refractivity contribution in [1.29, 1.82) is 0 Å². The molecule has 0 saturated heterocycles. The maximum absolute atomic E-state index is 12.1. The minimum Gasteiger partial charge on any atom is -0.356 e. The highest BCUT2D eigenvalue weighted by Crippen LogP contribution is 2.17. The summed E-state index contributed by atoms with van der Waals surface area (Å²) >= 11 is 3.31. The van der Waals surface area contributed by atoms with E-state index in [9.17, 15) is 4.79 Å². The zero-order chi connectivity index (χ0) is 12.4. The van der Waals surface area contributed by atoms with E-state index in [0.29, 0.717) is 5.69 Å². The highest BCUT2D eigenvalue weighted by molar-refractivity contribution is 9.10. The molecular weight excluding hydrogens is 280 g/mol. The first-order chi connectivity index (χ1) is 8.08. The van der Waals surface area contributed by atoms with Crippen LogP contribution in [0, 0.1) is 6.92 Å². The van der Waals surface area contributed by atoms with Crippen LogP contribution in [0.2, 0.25) is 0 Å². The van der Waals surface area contributed by atoms with Crippen LogP contribution in [0.4, 0.5) is 5.69 Å². The predicted molar refractivity (Wildman–Crippen MR) is 72.4 cm³/mol. The molecule has 0 fully saturated rings. The van der Waals surface area contributed by atoms with E-state index in [1.165, 1.54) is 5.56 Å². The molecule has 0 bridgehead atoms. The summed E-state index contributed by atoms with van der Waals surface area (Å²) in [5, 5.41) is 0. The van der Waals surface area contributed by atoms with Crippen molar-refractivity contribution < 1.29 is 4.79 Å². The van der Waals surface area contributed by atoms with Crippen LogP contribution in [-0.4, -0.2) is 17.9 Å². The molecule has 2 rings (SSSR count). The van der Waals surface area contributed by atoms with E-state index in [0.717, 1.165) is 10.2 Å². The molecule has 0 radical (unpaired) electrons. The third kappa shape index (κ3) is 2.58. The monoisotopic (exact) mass is 292 g/mol. The van der Waals surface area contributed by atoms with Crippen LogP contribution in [0.15, 0.2) is 41.0 Å². The molecule has 4 heteroatoms. The number of hydrogen-bond donors (Lipinski definition) is 1. The van der Waals surface area contributed by atoms with Crippen LogP contribution in [0.3, 0.4) is 0 Å². The van der Waals surface area contributed by atoms with Crippen molar-refractivity contribution in [2.75, 3.05) is 11.9 Å². The molecule has 1 heterocycles. The molecule has 0 unspecified atom stereocenters. The number of aromatic nitrogens is 1. The standard InChI is InChI=1S/C13H13BrN2O/c1-9-3-5-11(6-4-9)16(2)13(17)12-7-10(14)8-15-12/h3-8,15H,1-2H3. The number of carbonyl (C=O) groups excluding carboxylic acids is 1. The van der Waals surface area contributed by atoms with Gasteiger partial charge in [0.25, 0.3) is 5.91 Å². The van der Waals surface area contributed by atoms with Crippen molar-refractivity contribution in [2.45, 2.75) is 6.92 Å². The number of H-pyrrole nitrogens is 1. The number of benzene rings is 1. The largest absolute Gasteiger partial charge is 0.356 e. The summed E-state index contributed by atoms with van der Waals surface area (Å²) in [6.45, 7) is 2.02. The molecule has 17 heavy (non-hydrogen) atoms. The second-order valence-electron chi connectivity index (χ2n) is 3.93. The summed E-state index contributed by atoms with van der Waals surface area (Å²) in [5.74, 6) is -0.0560. The third-order valence-electron chi connectivity index (χ3n) is 2.60. The van der Waals surface area contributed by atoms with Crippen LogP contribution < -0.4 is 4.90 Å². The van der Waals surface area contributed by atoms with Gasteiger partial charge in [0.05, 0.1) is 0 Å². The van der Waals surface area contributed by atoms with Crippen molar-refractivity contribution in [2.24, 2.45) is 0 Å². The summed E-state index contributed by atoms with van der Waals surface area (Å²) in [5.41, 5.74) is 2.63. The van der Waals surface area contributed by atoms with E-state index in [1.807, 2.05) is 31.2 Å². The summed E-state index contributed by atoms with van der Waals surface area (Å²) in [6.07, 6.45) is 1.75. The number of aromatic amines is 1. The first-order valence-electron chi connectivity index (χ1n) is 5.26. The van der Waals surface area contributed by atoms with Crippen LogP contribution in [0.5, 0.6) is 0 Å². The second-order valence-corrected chi connectivity index (χ2v) is 4.85. The average Bonchev–Trinajstić information content (AvgIpc) is 2.75. The molecule has 0 saturated carbocycles. The Morgan fingerprint density at radius 2 is 1.94 bits per heavy atom. The molecule has 0 atom stereocenters. The van der Waals surface area contributed by atoms with Gasteiger partial charge in [0.15, 0.2) is 0 Å². The zero-order valence-corrected chi connectivity index (χ0v) is 11.3. The zero-order valence-electron chi connectivity index (χ0n) is 9.70. The molecule has 1 N–H and O–H groups in total. The number of nitrogens with one attached hydrogen (secondary N) is 1. The van der Waals surface area contributed by atoms with Crippen molar-refractivity contribution in [3.63, 3.8) is 0 Å². The van der Waals surface area contributed by atoms with Crippen molar-refractivity contribution in [3.05, 3.63) is 52.3 Å². The van der Waals surface area contributed by atoms with Gasteiger partial charge in [-0.25, -0.2) is 0 Å². The first-order valence-corrected chi connectivity index (χ1v) is 6.06. The smallest absolute Gasteiger partial charge is 0.274 e. The van der Waals surface area contributed by atoms with Crippen LogP contribution in [0.1, 0.15) is 16.1 Å². The number of carbonyl (C=O) groups is 1. The van der Waals surface area contributed by atoms with Gasteiger partial charge in [0, 0.05) is 23.4 Å². The maximum Gasteiger partial charge on any atom is 0.274 e. The number of hydrogen-bond acceptors (Lipinski definition) is 1. The number of anilines is 1. The summed E-state index contributed by atoms with van der Waals surface area (Å²) in [4.78, 5) is 16.7. The van der Waals surface area contributed by atoms with E-state index in [2.05, 4.69) is 20.9 Å². The Morgan fingerprint density at radius 1 is 1.29 bits per heavy atom. The number of halogens is 1. The van der Waals surface area contributed by atoms with E-state index in [-0.39, 0.29) is 5.91 Å². The van der Waals surface area contributed by atoms with Gasteiger partial charge in [-0.15, -0.1) is 0 Å². The quantitative estimate of drug-likeness (QED) is 0.905. The SMILES string of the molecule is Cc1ccc(N(C)C(=O)c2cc(Br)c[nH]2)cc1. The van der Waals surface area contributed by atoms with Gasteiger partial charge in [0.1, 0.15) is 5.69 Å². The van der Waals surface area contributed by atoms with Crippen molar-refractivity contribution in [1.82, 2.24) is 4.98 Å². The van der Waals surface area contributed by atoms with Gasteiger partial charge >= 0.3 is 0 Å². The number of rotatable bonds is 2. The molecule has 1 aromatic heterocycles.